The smallest absolute Gasteiger partial charge is 0.246 e. The first-order chi connectivity index (χ1) is 11.4. The number of hydrogen-bond donors (Lipinski definition) is 1. The van der Waals surface area contributed by atoms with Gasteiger partial charge in [0.05, 0.1) is 11.9 Å². The van der Waals surface area contributed by atoms with Crippen LogP contribution in [0, 0.1) is 25.7 Å². The van der Waals surface area contributed by atoms with Crippen LogP contribution >= 0.6 is 0 Å². The molecule has 4 rings (SSSR count). The lowest BCUT2D eigenvalue weighted by atomic mass is 9.91. The molecule has 130 valence electrons. The van der Waals surface area contributed by atoms with Crippen LogP contribution in [0.1, 0.15) is 36.1 Å². The molecule has 2 aromatic rings. The van der Waals surface area contributed by atoms with Gasteiger partial charge in [0.15, 0.2) is 5.82 Å². The molecule has 2 aromatic heterocycles. The molecule has 2 aliphatic rings. The normalized spacial score (nSPS) is 25.5. The molecule has 1 N–H and O–H groups in total. The summed E-state index contributed by atoms with van der Waals surface area (Å²) in [6.45, 7) is 4.63. The molecule has 0 aromatic carbocycles. The van der Waals surface area contributed by atoms with Crippen molar-refractivity contribution >= 4 is 10.0 Å². The summed E-state index contributed by atoms with van der Waals surface area (Å²) in [5, 5.41) is 11.3. The number of hydrogen-bond acceptors (Lipinski definition) is 5. The third-order valence-corrected chi connectivity index (χ3v) is 7.25. The van der Waals surface area contributed by atoms with E-state index in [1.807, 2.05) is 6.92 Å². The molecule has 1 aliphatic heterocycles. The van der Waals surface area contributed by atoms with Crippen LogP contribution in [0.3, 0.4) is 0 Å². The first kappa shape index (κ1) is 15.8. The Bertz CT molecular complexity index is 866. The summed E-state index contributed by atoms with van der Waals surface area (Å²) in [5.74, 6) is 2.46. The maximum atomic E-state index is 13.1. The van der Waals surface area contributed by atoms with Gasteiger partial charge in [-0.2, -0.15) is 14.5 Å². The van der Waals surface area contributed by atoms with E-state index < -0.39 is 10.0 Å². The molecular formula is C15H22N6O2S. The van der Waals surface area contributed by atoms with E-state index in [0.717, 1.165) is 11.6 Å². The van der Waals surface area contributed by atoms with Crippen molar-refractivity contribution in [3.63, 3.8) is 0 Å². The van der Waals surface area contributed by atoms with E-state index in [0.29, 0.717) is 35.5 Å². The van der Waals surface area contributed by atoms with Gasteiger partial charge in [-0.05, 0) is 38.5 Å². The number of sulfonamides is 1. The predicted molar refractivity (Wildman–Crippen MR) is 86.8 cm³/mol. The average Bonchev–Trinajstić information content (AvgIpc) is 2.96. The number of aromatic amines is 1. The summed E-state index contributed by atoms with van der Waals surface area (Å²) in [7, 11) is -1.78. The van der Waals surface area contributed by atoms with Gasteiger partial charge in [0, 0.05) is 26.1 Å². The Balaban J connectivity index is 1.66. The molecule has 0 unspecified atom stereocenters. The van der Waals surface area contributed by atoms with Crippen LogP contribution in [0.5, 0.6) is 0 Å². The molecule has 24 heavy (non-hydrogen) atoms. The maximum absolute atomic E-state index is 13.1. The lowest BCUT2D eigenvalue weighted by Gasteiger charge is -2.16. The molecule has 9 heteroatoms. The number of nitrogens with one attached hydrogen (secondary N) is 1. The summed E-state index contributed by atoms with van der Waals surface area (Å²) in [6.07, 6.45) is 3.79. The van der Waals surface area contributed by atoms with Crippen LogP contribution in [0.15, 0.2) is 11.1 Å². The van der Waals surface area contributed by atoms with E-state index in [1.54, 1.807) is 23.0 Å². The zero-order valence-electron chi connectivity index (χ0n) is 14.1. The van der Waals surface area contributed by atoms with Gasteiger partial charge in [0.2, 0.25) is 10.0 Å². The van der Waals surface area contributed by atoms with Gasteiger partial charge in [-0.25, -0.2) is 13.4 Å². The van der Waals surface area contributed by atoms with Gasteiger partial charge in [-0.15, -0.1) is 0 Å². The molecule has 0 bridgehead atoms. The molecule has 2 atom stereocenters. The Hall–Kier alpha value is -1.74. The highest BCUT2D eigenvalue weighted by Gasteiger charge is 2.48. The SMILES string of the molecule is Cc1nc([C@@H]2CN(S(=O)(=O)c3cnn(C)c3C)C[C@H]2C2CC2)n[nH]1. The van der Waals surface area contributed by atoms with Crippen LogP contribution < -0.4 is 0 Å². The predicted octanol–water partition coefficient (Wildman–Crippen LogP) is 0.969. The highest BCUT2D eigenvalue weighted by molar-refractivity contribution is 7.89. The molecule has 1 aliphatic carbocycles. The van der Waals surface area contributed by atoms with Gasteiger partial charge in [-0.3, -0.25) is 9.78 Å². The number of nitrogens with zero attached hydrogens (tertiary/aromatic N) is 5. The van der Waals surface area contributed by atoms with Crippen LogP contribution in [0.2, 0.25) is 0 Å². The van der Waals surface area contributed by atoms with Gasteiger partial charge < -0.3 is 0 Å². The van der Waals surface area contributed by atoms with Crippen molar-refractivity contribution in [2.45, 2.75) is 37.5 Å². The first-order valence-electron chi connectivity index (χ1n) is 8.25. The van der Waals surface area contributed by atoms with Crippen molar-refractivity contribution in [1.29, 1.82) is 0 Å². The second-order valence-corrected chi connectivity index (χ2v) is 8.83. The Kier molecular flexibility index (Phi) is 3.54. The van der Waals surface area contributed by atoms with Crippen LogP contribution in [0.25, 0.3) is 0 Å². The number of aromatic nitrogens is 5. The minimum Gasteiger partial charge on any atom is -0.272 e. The Labute approximate surface area is 141 Å². The second-order valence-electron chi connectivity index (χ2n) is 6.93. The minimum atomic E-state index is -3.54. The summed E-state index contributed by atoms with van der Waals surface area (Å²) in [5.41, 5.74) is 0.662. The molecule has 0 amide bonds. The Morgan fingerprint density at radius 2 is 2.00 bits per heavy atom. The lowest BCUT2D eigenvalue weighted by molar-refractivity contribution is 0.423. The highest BCUT2D eigenvalue weighted by Crippen LogP contribution is 2.48. The lowest BCUT2D eigenvalue weighted by Crippen LogP contribution is -2.29. The van der Waals surface area contributed by atoms with Gasteiger partial charge in [0.1, 0.15) is 10.7 Å². The third-order valence-electron chi connectivity index (χ3n) is 5.31. The molecule has 1 saturated heterocycles. The standard InChI is InChI=1S/C15H22N6O2S/c1-9-14(6-16-20(9)3)24(22,23)21-7-12(11-4-5-11)13(8-21)15-17-10(2)18-19-15/h6,11-13H,4-5,7-8H2,1-3H3,(H,17,18,19)/t12-,13+/m0/s1. The molecule has 8 nitrogen and oxygen atoms in total. The Morgan fingerprint density at radius 1 is 1.25 bits per heavy atom. The minimum absolute atomic E-state index is 0.0641. The van der Waals surface area contributed by atoms with Gasteiger partial charge in [0.25, 0.3) is 0 Å². The molecule has 2 fully saturated rings. The van der Waals surface area contributed by atoms with Crippen molar-refractivity contribution < 1.29 is 8.42 Å². The average molecular weight is 350 g/mol. The van der Waals surface area contributed by atoms with E-state index in [2.05, 4.69) is 20.3 Å². The van der Waals surface area contributed by atoms with Crippen molar-refractivity contribution in [2.24, 2.45) is 18.9 Å². The summed E-state index contributed by atoms with van der Waals surface area (Å²) >= 11 is 0. The first-order valence-corrected chi connectivity index (χ1v) is 9.69. The monoisotopic (exact) mass is 350 g/mol. The quantitative estimate of drug-likeness (QED) is 0.886. The van der Waals surface area contributed by atoms with Crippen LogP contribution in [0.4, 0.5) is 0 Å². The third kappa shape index (κ3) is 2.46. The van der Waals surface area contributed by atoms with E-state index >= 15 is 0 Å². The summed E-state index contributed by atoms with van der Waals surface area (Å²) in [4.78, 5) is 4.76. The fourth-order valence-corrected chi connectivity index (χ4v) is 5.35. The fourth-order valence-electron chi connectivity index (χ4n) is 3.66. The van der Waals surface area contributed by atoms with Crippen molar-refractivity contribution in [1.82, 2.24) is 29.3 Å². The molecule has 1 saturated carbocycles. The van der Waals surface area contributed by atoms with E-state index in [4.69, 9.17) is 0 Å². The van der Waals surface area contributed by atoms with E-state index in [-0.39, 0.29) is 5.92 Å². The Morgan fingerprint density at radius 3 is 2.54 bits per heavy atom. The van der Waals surface area contributed by atoms with E-state index in [9.17, 15) is 8.42 Å². The summed E-state index contributed by atoms with van der Waals surface area (Å²) < 4.78 is 29.3. The second kappa shape index (κ2) is 5.38. The number of H-pyrrole nitrogens is 1. The number of rotatable bonds is 4. The van der Waals surface area contributed by atoms with Crippen molar-refractivity contribution in [3.05, 3.63) is 23.5 Å². The van der Waals surface area contributed by atoms with Gasteiger partial charge in [-0.1, -0.05) is 0 Å². The maximum Gasteiger partial charge on any atom is 0.246 e. The molecule has 0 radical (unpaired) electrons. The van der Waals surface area contributed by atoms with E-state index in [1.165, 1.54) is 19.0 Å². The number of aryl methyl sites for hydroxylation is 2. The zero-order valence-corrected chi connectivity index (χ0v) is 14.9. The largest absolute Gasteiger partial charge is 0.272 e. The molecule has 0 spiro atoms. The molecule has 3 heterocycles. The van der Waals surface area contributed by atoms with Crippen LogP contribution in [-0.2, 0) is 17.1 Å². The van der Waals surface area contributed by atoms with Gasteiger partial charge >= 0.3 is 0 Å². The zero-order chi connectivity index (χ0) is 17.1. The van der Waals surface area contributed by atoms with Crippen LogP contribution in [-0.4, -0.2) is 50.8 Å². The highest BCUT2D eigenvalue weighted by atomic mass is 32.2. The topological polar surface area (TPSA) is 96.8 Å². The summed E-state index contributed by atoms with van der Waals surface area (Å²) in [6, 6.07) is 0. The van der Waals surface area contributed by atoms with Crippen molar-refractivity contribution in [3.8, 4) is 0 Å². The molecular weight excluding hydrogens is 328 g/mol. The fraction of sp³-hybridized carbons (Fsp3) is 0.667. The van der Waals surface area contributed by atoms with Crippen molar-refractivity contribution in [2.75, 3.05) is 13.1 Å².